The molecule has 1 fully saturated rings. The highest BCUT2D eigenvalue weighted by Crippen LogP contribution is 2.36. The van der Waals surface area contributed by atoms with Gasteiger partial charge in [0.2, 0.25) is 0 Å². The van der Waals surface area contributed by atoms with E-state index in [-0.39, 0.29) is 11.4 Å². The lowest BCUT2D eigenvalue weighted by Gasteiger charge is -2.29. The first-order valence-electron chi connectivity index (χ1n) is 4.38. The van der Waals surface area contributed by atoms with E-state index in [9.17, 15) is 0 Å². The molecule has 0 bridgehead atoms. The van der Waals surface area contributed by atoms with E-state index in [1.807, 2.05) is 11.8 Å². The average Bonchev–Trinajstić information content (AvgIpc) is 2.54. The van der Waals surface area contributed by atoms with Crippen molar-refractivity contribution >= 4 is 17.8 Å². The lowest BCUT2D eigenvalue weighted by atomic mass is 9.83. The van der Waals surface area contributed by atoms with Crippen LogP contribution in [0.25, 0.3) is 0 Å². The number of hydrogen-bond acceptors (Lipinski definition) is 5. The highest BCUT2D eigenvalue weighted by molar-refractivity contribution is 7.99. The van der Waals surface area contributed by atoms with E-state index < -0.39 is 0 Å². The molecule has 0 aromatic carbocycles. The molecule has 72 valence electrons. The monoisotopic (exact) mass is 199 g/mol. The van der Waals surface area contributed by atoms with E-state index in [2.05, 4.69) is 17.1 Å². The Hall–Kier alpha value is -0.710. The molecule has 0 atom stereocenters. The van der Waals surface area contributed by atoms with Gasteiger partial charge in [0.05, 0.1) is 0 Å². The van der Waals surface area contributed by atoms with Gasteiger partial charge in [0.15, 0.2) is 5.82 Å². The second-order valence-corrected chi connectivity index (χ2v) is 4.85. The van der Waals surface area contributed by atoms with Gasteiger partial charge in [0.25, 0.3) is 0 Å². The molecular weight excluding hydrogens is 186 g/mol. The van der Waals surface area contributed by atoms with E-state index in [1.165, 1.54) is 11.5 Å². The Bertz CT molecular complexity index is 293. The summed E-state index contributed by atoms with van der Waals surface area (Å²) < 4.78 is 4.79. The Labute approximate surface area is 81.3 Å². The summed E-state index contributed by atoms with van der Waals surface area (Å²) in [5.74, 6) is 3.11. The molecule has 0 unspecified atom stereocenters. The van der Waals surface area contributed by atoms with Crippen LogP contribution < -0.4 is 5.73 Å². The highest BCUT2D eigenvalue weighted by atomic mass is 32.2. The lowest BCUT2D eigenvalue weighted by Crippen LogP contribution is -2.28. The summed E-state index contributed by atoms with van der Waals surface area (Å²) in [5, 5.41) is 3.89. The fourth-order valence-corrected chi connectivity index (χ4v) is 2.92. The summed E-state index contributed by atoms with van der Waals surface area (Å²) in [4.78, 5) is 4.10. The van der Waals surface area contributed by atoms with Crippen LogP contribution in [-0.2, 0) is 5.41 Å². The molecule has 2 rings (SSSR count). The zero-order valence-electron chi connectivity index (χ0n) is 7.62. The molecule has 4 nitrogen and oxygen atoms in total. The summed E-state index contributed by atoms with van der Waals surface area (Å²) in [6, 6.07) is 0.175. The number of hydrogen-bond donors (Lipinski definition) is 1. The largest absolute Gasteiger partial charge is 0.351 e. The van der Waals surface area contributed by atoms with Gasteiger partial charge in [0.1, 0.15) is 0 Å². The average molecular weight is 199 g/mol. The third kappa shape index (κ3) is 1.65. The number of anilines is 1. The van der Waals surface area contributed by atoms with Crippen molar-refractivity contribution in [1.82, 2.24) is 10.1 Å². The van der Waals surface area contributed by atoms with Crippen molar-refractivity contribution in [2.75, 3.05) is 17.2 Å². The number of aromatic nitrogens is 2. The number of nitrogen functional groups attached to an aromatic ring is 1. The summed E-state index contributed by atoms with van der Waals surface area (Å²) in [6.07, 6.45) is 2.22. The molecule has 0 amide bonds. The third-order valence-electron chi connectivity index (χ3n) is 2.58. The van der Waals surface area contributed by atoms with Crippen LogP contribution in [0.3, 0.4) is 0 Å². The number of thioether (sulfide) groups is 1. The zero-order chi connectivity index (χ0) is 9.31. The quantitative estimate of drug-likeness (QED) is 0.741. The molecule has 1 aliphatic rings. The van der Waals surface area contributed by atoms with Gasteiger partial charge in [-0.2, -0.15) is 16.7 Å². The minimum absolute atomic E-state index is 0.0758. The normalized spacial score (nSPS) is 21.6. The maximum absolute atomic E-state index is 5.40. The Morgan fingerprint density at radius 3 is 2.69 bits per heavy atom. The van der Waals surface area contributed by atoms with Crippen molar-refractivity contribution in [2.45, 2.75) is 25.2 Å². The smallest absolute Gasteiger partial charge is 0.318 e. The summed E-state index contributed by atoms with van der Waals surface area (Å²) in [7, 11) is 0. The van der Waals surface area contributed by atoms with Crippen molar-refractivity contribution in [3.63, 3.8) is 0 Å². The standard InChI is InChI=1S/C8H13N3OS/c1-8(2-4-13-5-3-8)6-10-7(9)12-11-6/h2-5H2,1H3,(H2,9,10,11). The summed E-state index contributed by atoms with van der Waals surface area (Å²) in [6.45, 7) is 2.18. The first kappa shape index (κ1) is 8.87. The highest BCUT2D eigenvalue weighted by Gasteiger charge is 2.33. The van der Waals surface area contributed by atoms with Crippen LogP contribution in [0.2, 0.25) is 0 Å². The molecule has 1 aliphatic heterocycles. The van der Waals surface area contributed by atoms with E-state index in [0.29, 0.717) is 0 Å². The topological polar surface area (TPSA) is 64.9 Å². The third-order valence-corrected chi connectivity index (χ3v) is 3.56. The van der Waals surface area contributed by atoms with E-state index in [1.54, 1.807) is 0 Å². The number of nitrogens with two attached hydrogens (primary N) is 1. The van der Waals surface area contributed by atoms with Gasteiger partial charge >= 0.3 is 6.01 Å². The van der Waals surface area contributed by atoms with Gasteiger partial charge in [-0.05, 0) is 24.3 Å². The second-order valence-electron chi connectivity index (χ2n) is 3.63. The Kier molecular flexibility index (Phi) is 2.19. The van der Waals surface area contributed by atoms with Crippen LogP contribution in [0, 0.1) is 0 Å². The van der Waals surface area contributed by atoms with Gasteiger partial charge in [-0.3, -0.25) is 0 Å². The van der Waals surface area contributed by atoms with Crippen molar-refractivity contribution < 1.29 is 4.52 Å². The summed E-state index contributed by atoms with van der Waals surface area (Å²) >= 11 is 1.98. The zero-order valence-corrected chi connectivity index (χ0v) is 8.43. The fourth-order valence-electron chi connectivity index (χ4n) is 1.53. The van der Waals surface area contributed by atoms with Gasteiger partial charge in [-0.25, -0.2) is 0 Å². The maximum atomic E-state index is 5.40. The molecular formula is C8H13N3OS. The first-order valence-corrected chi connectivity index (χ1v) is 5.54. The van der Waals surface area contributed by atoms with Crippen molar-refractivity contribution in [1.29, 1.82) is 0 Å². The van der Waals surface area contributed by atoms with Crippen LogP contribution in [0.4, 0.5) is 6.01 Å². The van der Waals surface area contributed by atoms with Crippen LogP contribution in [-0.4, -0.2) is 21.6 Å². The number of nitrogens with zero attached hydrogens (tertiary/aromatic N) is 2. The second kappa shape index (κ2) is 3.21. The first-order chi connectivity index (χ1) is 6.21. The molecule has 0 spiro atoms. The molecule has 1 aromatic rings. The molecule has 0 radical (unpaired) electrons. The molecule has 1 saturated heterocycles. The summed E-state index contributed by atoms with van der Waals surface area (Å²) in [5.41, 5.74) is 5.47. The van der Waals surface area contributed by atoms with E-state index in [0.717, 1.165) is 18.7 Å². The Morgan fingerprint density at radius 1 is 1.46 bits per heavy atom. The minimum Gasteiger partial charge on any atom is -0.351 e. The molecule has 0 saturated carbocycles. The van der Waals surface area contributed by atoms with Crippen LogP contribution in [0.5, 0.6) is 0 Å². The Balaban J connectivity index is 2.22. The fraction of sp³-hybridized carbons (Fsp3) is 0.750. The van der Waals surface area contributed by atoms with Crippen LogP contribution in [0.1, 0.15) is 25.6 Å². The predicted octanol–water partition coefficient (Wildman–Crippen LogP) is 1.44. The van der Waals surface area contributed by atoms with E-state index >= 15 is 0 Å². The van der Waals surface area contributed by atoms with Crippen molar-refractivity contribution in [2.24, 2.45) is 0 Å². The maximum Gasteiger partial charge on any atom is 0.318 e. The minimum atomic E-state index is 0.0758. The van der Waals surface area contributed by atoms with Gasteiger partial charge in [-0.15, -0.1) is 0 Å². The molecule has 5 heteroatoms. The predicted molar refractivity (Wildman–Crippen MR) is 52.6 cm³/mol. The SMILES string of the molecule is CC1(c2noc(N)n2)CCSCC1. The van der Waals surface area contributed by atoms with Gasteiger partial charge < -0.3 is 10.3 Å². The van der Waals surface area contributed by atoms with Crippen LogP contribution >= 0.6 is 11.8 Å². The molecule has 2 heterocycles. The van der Waals surface area contributed by atoms with Crippen LogP contribution in [0.15, 0.2) is 4.52 Å². The van der Waals surface area contributed by atoms with E-state index in [4.69, 9.17) is 10.3 Å². The van der Waals surface area contributed by atoms with Crippen molar-refractivity contribution in [3.8, 4) is 0 Å². The lowest BCUT2D eigenvalue weighted by molar-refractivity contribution is 0.365. The van der Waals surface area contributed by atoms with Gasteiger partial charge in [-0.1, -0.05) is 12.1 Å². The Morgan fingerprint density at radius 2 is 2.15 bits per heavy atom. The van der Waals surface area contributed by atoms with Crippen molar-refractivity contribution in [3.05, 3.63) is 5.82 Å². The molecule has 1 aromatic heterocycles. The number of rotatable bonds is 1. The molecule has 0 aliphatic carbocycles. The van der Waals surface area contributed by atoms with Gasteiger partial charge in [0, 0.05) is 5.41 Å². The molecule has 2 N–H and O–H groups in total. The molecule has 13 heavy (non-hydrogen) atoms.